The number of para-hydroxylation sites is 1. The van der Waals surface area contributed by atoms with E-state index in [0.717, 1.165) is 28.0 Å². The van der Waals surface area contributed by atoms with Crippen LogP contribution < -0.4 is 5.32 Å². The van der Waals surface area contributed by atoms with E-state index in [-0.39, 0.29) is 12.4 Å². The fraction of sp³-hybridized carbons (Fsp3) is 0.250. The third kappa shape index (κ3) is 3.83. The Morgan fingerprint density at radius 3 is 2.43 bits per heavy atom. The number of pyridine rings is 1. The lowest BCUT2D eigenvalue weighted by atomic mass is 9.98. The number of benzene rings is 2. The zero-order chi connectivity index (χ0) is 15.5. The summed E-state index contributed by atoms with van der Waals surface area (Å²) in [5.41, 5.74) is 5.67. The summed E-state index contributed by atoms with van der Waals surface area (Å²) >= 11 is 0. The van der Waals surface area contributed by atoms with Crippen molar-refractivity contribution in [3.8, 4) is 0 Å². The summed E-state index contributed by atoms with van der Waals surface area (Å²) in [6, 6.07) is 19.1. The summed E-state index contributed by atoms with van der Waals surface area (Å²) in [5.74, 6) is 0.609. The maximum atomic E-state index is 4.59. The van der Waals surface area contributed by atoms with Gasteiger partial charge in [-0.05, 0) is 49.1 Å². The van der Waals surface area contributed by atoms with E-state index in [0.29, 0.717) is 5.92 Å². The lowest BCUT2D eigenvalue weighted by Crippen LogP contribution is -1.96. The molecule has 0 radical (unpaired) electrons. The highest BCUT2D eigenvalue weighted by molar-refractivity contribution is 5.93. The molecular formula is C20H23ClN2. The fourth-order valence-corrected chi connectivity index (χ4v) is 2.70. The summed E-state index contributed by atoms with van der Waals surface area (Å²) in [7, 11) is 0. The molecule has 1 unspecified atom stereocenters. The lowest BCUT2D eigenvalue weighted by Gasteiger charge is -2.13. The van der Waals surface area contributed by atoms with Gasteiger partial charge in [-0.2, -0.15) is 0 Å². The molecule has 2 nitrogen and oxygen atoms in total. The Balaban J connectivity index is 0.00000192. The minimum Gasteiger partial charge on any atom is -0.355 e. The SMILES string of the molecule is CCC(C)c1ccc(Nc2cc(C)nc3ccccc23)cc1.Cl. The summed E-state index contributed by atoms with van der Waals surface area (Å²) in [6.07, 6.45) is 1.17. The van der Waals surface area contributed by atoms with Gasteiger partial charge in [0.25, 0.3) is 0 Å². The molecule has 120 valence electrons. The quantitative estimate of drug-likeness (QED) is 0.615. The molecule has 0 aliphatic heterocycles. The molecule has 3 aromatic rings. The van der Waals surface area contributed by atoms with E-state index >= 15 is 0 Å². The minimum absolute atomic E-state index is 0. The van der Waals surface area contributed by atoms with Crippen LogP contribution in [0.2, 0.25) is 0 Å². The van der Waals surface area contributed by atoms with Gasteiger partial charge in [0.2, 0.25) is 0 Å². The first kappa shape index (κ1) is 17.3. The van der Waals surface area contributed by atoms with Crippen LogP contribution in [0.15, 0.2) is 54.6 Å². The molecule has 0 bridgehead atoms. The van der Waals surface area contributed by atoms with Crippen LogP contribution in [0.4, 0.5) is 11.4 Å². The largest absolute Gasteiger partial charge is 0.355 e. The standard InChI is InChI=1S/C20H22N2.ClH/c1-4-14(2)16-9-11-17(12-10-16)22-20-13-15(3)21-19-8-6-5-7-18(19)20;/h5-14H,4H2,1-3H3,(H,21,22);1H. The molecule has 1 aromatic heterocycles. The third-order valence-electron chi connectivity index (χ3n) is 4.22. The van der Waals surface area contributed by atoms with Gasteiger partial charge < -0.3 is 5.32 Å². The lowest BCUT2D eigenvalue weighted by molar-refractivity contribution is 0.734. The van der Waals surface area contributed by atoms with E-state index in [4.69, 9.17) is 0 Å². The van der Waals surface area contributed by atoms with Crippen LogP contribution in [-0.4, -0.2) is 4.98 Å². The predicted octanol–water partition coefficient (Wildman–Crippen LogP) is 6.22. The second-order valence-electron chi connectivity index (χ2n) is 5.88. The molecule has 0 aliphatic carbocycles. The monoisotopic (exact) mass is 326 g/mol. The summed E-state index contributed by atoms with van der Waals surface area (Å²) in [4.78, 5) is 4.59. The molecule has 3 heteroatoms. The Kier molecular flexibility index (Phi) is 5.62. The molecule has 0 aliphatic rings. The number of aromatic nitrogens is 1. The number of aryl methyl sites for hydroxylation is 1. The zero-order valence-corrected chi connectivity index (χ0v) is 14.7. The van der Waals surface area contributed by atoms with Crippen LogP contribution >= 0.6 is 12.4 Å². The number of hydrogen-bond donors (Lipinski definition) is 1. The molecule has 1 atom stereocenters. The van der Waals surface area contributed by atoms with Gasteiger partial charge in [0, 0.05) is 22.5 Å². The number of hydrogen-bond acceptors (Lipinski definition) is 2. The zero-order valence-electron chi connectivity index (χ0n) is 13.8. The molecule has 1 heterocycles. The molecule has 0 saturated carbocycles. The van der Waals surface area contributed by atoms with Crippen molar-refractivity contribution >= 4 is 34.7 Å². The van der Waals surface area contributed by atoms with Gasteiger partial charge in [-0.15, -0.1) is 12.4 Å². The first-order chi connectivity index (χ1) is 10.7. The van der Waals surface area contributed by atoms with Gasteiger partial charge in [-0.25, -0.2) is 0 Å². The molecule has 3 rings (SSSR count). The number of rotatable bonds is 4. The number of nitrogens with zero attached hydrogens (tertiary/aromatic N) is 1. The normalized spacial score (nSPS) is 11.8. The van der Waals surface area contributed by atoms with Crippen molar-refractivity contribution in [1.82, 2.24) is 4.98 Å². The van der Waals surface area contributed by atoms with Crippen molar-refractivity contribution in [3.63, 3.8) is 0 Å². The van der Waals surface area contributed by atoms with Crippen LogP contribution in [0.25, 0.3) is 10.9 Å². The second-order valence-corrected chi connectivity index (χ2v) is 5.88. The number of nitrogens with one attached hydrogen (secondary N) is 1. The maximum absolute atomic E-state index is 4.59. The number of fused-ring (bicyclic) bond motifs is 1. The molecule has 23 heavy (non-hydrogen) atoms. The van der Waals surface area contributed by atoms with Crippen LogP contribution in [0.3, 0.4) is 0 Å². The molecule has 2 aromatic carbocycles. The van der Waals surface area contributed by atoms with E-state index < -0.39 is 0 Å². The Labute approximate surface area is 144 Å². The van der Waals surface area contributed by atoms with Crippen molar-refractivity contribution in [1.29, 1.82) is 0 Å². The van der Waals surface area contributed by atoms with Gasteiger partial charge >= 0.3 is 0 Å². The molecule has 0 spiro atoms. The first-order valence-corrected chi connectivity index (χ1v) is 7.90. The van der Waals surface area contributed by atoms with Gasteiger partial charge in [0.1, 0.15) is 0 Å². The maximum Gasteiger partial charge on any atom is 0.0726 e. The van der Waals surface area contributed by atoms with Gasteiger partial charge in [0.15, 0.2) is 0 Å². The number of halogens is 1. The van der Waals surface area contributed by atoms with E-state index in [1.807, 2.05) is 13.0 Å². The van der Waals surface area contributed by atoms with Crippen molar-refractivity contribution < 1.29 is 0 Å². The van der Waals surface area contributed by atoms with Gasteiger partial charge in [0.05, 0.1) is 5.52 Å². The average Bonchev–Trinajstić information content (AvgIpc) is 2.54. The van der Waals surface area contributed by atoms with Crippen LogP contribution in [-0.2, 0) is 0 Å². The Morgan fingerprint density at radius 2 is 1.74 bits per heavy atom. The highest BCUT2D eigenvalue weighted by atomic mass is 35.5. The molecule has 0 amide bonds. The third-order valence-corrected chi connectivity index (χ3v) is 4.22. The Bertz CT molecular complexity index is 781. The van der Waals surface area contributed by atoms with Crippen molar-refractivity contribution in [2.75, 3.05) is 5.32 Å². The van der Waals surface area contributed by atoms with Crippen LogP contribution in [0, 0.1) is 6.92 Å². The van der Waals surface area contributed by atoms with Crippen LogP contribution in [0.5, 0.6) is 0 Å². The van der Waals surface area contributed by atoms with Gasteiger partial charge in [-0.3, -0.25) is 4.98 Å². The highest BCUT2D eigenvalue weighted by Crippen LogP contribution is 2.27. The average molecular weight is 327 g/mol. The first-order valence-electron chi connectivity index (χ1n) is 7.90. The highest BCUT2D eigenvalue weighted by Gasteiger charge is 2.05. The Morgan fingerprint density at radius 1 is 1.04 bits per heavy atom. The van der Waals surface area contributed by atoms with E-state index in [9.17, 15) is 0 Å². The van der Waals surface area contributed by atoms with Crippen molar-refractivity contribution in [2.45, 2.75) is 33.1 Å². The van der Waals surface area contributed by atoms with Crippen molar-refractivity contribution in [3.05, 3.63) is 65.9 Å². The summed E-state index contributed by atoms with van der Waals surface area (Å²) in [6.45, 7) is 6.52. The second kappa shape index (κ2) is 7.47. The van der Waals surface area contributed by atoms with Gasteiger partial charge in [-0.1, -0.05) is 44.2 Å². The van der Waals surface area contributed by atoms with E-state index in [2.05, 4.69) is 72.7 Å². The summed E-state index contributed by atoms with van der Waals surface area (Å²) < 4.78 is 0. The van der Waals surface area contributed by atoms with Crippen LogP contribution in [0.1, 0.15) is 37.4 Å². The van der Waals surface area contributed by atoms with E-state index in [1.165, 1.54) is 12.0 Å². The molecule has 1 N–H and O–H groups in total. The minimum atomic E-state index is 0. The number of anilines is 2. The molecule has 0 saturated heterocycles. The fourth-order valence-electron chi connectivity index (χ4n) is 2.70. The Hall–Kier alpha value is -2.06. The topological polar surface area (TPSA) is 24.9 Å². The van der Waals surface area contributed by atoms with E-state index in [1.54, 1.807) is 0 Å². The van der Waals surface area contributed by atoms with Crippen molar-refractivity contribution in [2.24, 2.45) is 0 Å². The summed E-state index contributed by atoms with van der Waals surface area (Å²) in [5, 5.41) is 4.68. The molecule has 0 fully saturated rings. The predicted molar refractivity (Wildman–Crippen MR) is 102 cm³/mol. The smallest absolute Gasteiger partial charge is 0.0726 e. The molecular weight excluding hydrogens is 304 g/mol.